The van der Waals surface area contributed by atoms with Crippen LogP contribution in [0, 0.1) is 5.92 Å². The summed E-state index contributed by atoms with van der Waals surface area (Å²) in [7, 11) is 0. The van der Waals surface area contributed by atoms with Crippen LogP contribution in [0.15, 0.2) is 22.6 Å². The molecule has 1 aliphatic heterocycles. The Kier molecular flexibility index (Phi) is 4.45. The maximum Gasteiger partial charge on any atom is 0.319 e. The Bertz CT molecular complexity index is 915. The van der Waals surface area contributed by atoms with Crippen molar-refractivity contribution in [1.82, 2.24) is 9.55 Å². The molecule has 1 aliphatic carbocycles. The summed E-state index contributed by atoms with van der Waals surface area (Å²) in [4.78, 5) is 31.8. The highest BCUT2D eigenvalue weighted by molar-refractivity contribution is 8.00. The Morgan fingerprint density at radius 3 is 3.00 bits per heavy atom. The van der Waals surface area contributed by atoms with Crippen molar-refractivity contribution >= 4 is 39.3 Å². The second-order valence-electron chi connectivity index (χ2n) is 6.69. The highest BCUT2D eigenvalue weighted by atomic mass is 32.2. The van der Waals surface area contributed by atoms with Gasteiger partial charge in [-0.25, -0.2) is 4.98 Å². The van der Waals surface area contributed by atoms with Crippen molar-refractivity contribution in [2.45, 2.75) is 49.6 Å². The van der Waals surface area contributed by atoms with Gasteiger partial charge < -0.3 is 4.74 Å². The highest BCUT2D eigenvalue weighted by Crippen LogP contribution is 2.37. The first-order valence-electron chi connectivity index (χ1n) is 8.57. The van der Waals surface area contributed by atoms with Gasteiger partial charge in [0.25, 0.3) is 5.56 Å². The number of carbonyl (C=O) groups excluding carboxylic acids is 1. The first-order valence-corrected chi connectivity index (χ1v) is 10.3. The second kappa shape index (κ2) is 6.61. The summed E-state index contributed by atoms with van der Waals surface area (Å²) in [5, 5.41) is 1.08. The molecule has 132 valence electrons. The van der Waals surface area contributed by atoms with Gasteiger partial charge in [0, 0.05) is 17.8 Å². The molecule has 3 heterocycles. The largest absolute Gasteiger partial charge is 0.465 e. The number of aryl methyl sites for hydroxylation is 1. The van der Waals surface area contributed by atoms with Gasteiger partial charge in [0.15, 0.2) is 5.16 Å². The van der Waals surface area contributed by atoms with Gasteiger partial charge in [-0.15, -0.1) is 17.9 Å². The topological polar surface area (TPSA) is 61.2 Å². The molecular formula is C18H20N2O3S2. The average molecular weight is 377 g/mol. The molecule has 0 radical (unpaired) electrons. The third-order valence-corrected chi connectivity index (χ3v) is 7.21. The standard InChI is InChI=1S/C18H20N2O3S2/c1-3-7-20-16(21)14-11-5-4-10(2)9-13(11)24-15(14)19-18(20)25-12-6-8-23-17(12)22/h3,10,12H,1,4-9H2,2H3/t10-,12-/m0/s1. The Balaban J connectivity index is 1.85. The quantitative estimate of drug-likeness (QED) is 0.466. The predicted molar refractivity (Wildman–Crippen MR) is 100 cm³/mol. The van der Waals surface area contributed by atoms with E-state index in [0.29, 0.717) is 30.6 Å². The first-order chi connectivity index (χ1) is 12.1. The van der Waals surface area contributed by atoms with Gasteiger partial charge in [-0.05, 0) is 30.7 Å². The van der Waals surface area contributed by atoms with Crippen molar-refractivity contribution in [3.05, 3.63) is 33.4 Å². The predicted octanol–water partition coefficient (Wildman–Crippen LogP) is 3.18. The number of allylic oxidation sites excluding steroid dienone is 1. The van der Waals surface area contributed by atoms with Crippen LogP contribution in [0.1, 0.15) is 30.2 Å². The van der Waals surface area contributed by atoms with Crippen LogP contribution in [-0.4, -0.2) is 27.4 Å². The minimum absolute atomic E-state index is 0.00850. The van der Waals surface area contributed by atoms with Crippen LogP contribution < -0.4 is 5.56 Å². The molecule has 2 atom stereocenters. The third kappa shape index (κ3) is 2.93. The molecule has 0 saturated carbocycles. The van der Waals surface area contributed by atoms with Crippen molar-refractivity contribution in [3.63, 3.8) is 0 Å². The molecule has 2 aromatic rings. The van der Waals surface area contributed by atoms with E-state index in [-0.39, 0.29) is 16.8 Å². The molecule has 25 heavy (non-hydrogen) atoms. The van der Waals surface area contributed by atoms with Crippen molar-refractivity contribution in [2.75, 3.05) is 6.61 Å². The Labute approximate surface area is 154 Å². The number of cyclic esters (lactones) is 1. The fourth-order valence-corrected chi connectivity index (χ4v) is 5.99. The number of fused-ring (bicyclic) bond motifs is 3. The van der Waals surface area contributed by atoms with Gasteiger partial charge >= 0.3 is 5.97 Å². The van der Waals surface area contributed by atoms with Crippen molar-refractivity contribution < 1.29 is 9.53 Å². The molecule has 0 aromatic carbocycles. The van der Waals surface area contributed by atoms with Gasteiger partial charge in [0.1, 0.15) is 10.1 Å². The SMILES string of the molecule is C=CCn1c(S[C@H]2CCOC2=O)nc2sc3c(c2c1=O)CC[C@H](C)C3. The fraction of sp³-hybridized carbons (Fsp3) is 0.500. The first kappa shape index (κ1) is 16.8. The number of aromatic nitrogens is 2. The molecule has 2 aliphatic rings. The summed E-state index contributed by atoms with van der Waals surface area (Å²) in [6, 6.07) is 0. The van der Waals surface area contributed by atoms with Gasteiger partial charge in [-0.2, -0.15) is 0 Å². The van der Waals surface area contributed by atoms with Crippen LogP contribution >= 0.6 is 23.1 Å². The zero-order valence-corrected chi connectivity index (χ0v) is 15.8. The smallest absolute Gasteiger partial charge is 0.319 e. The van der Waals surface area contributed by atoms with Gasteiger partial charge in [0.05, 0.1) is 12.0 Å². The summed E-state index contributed by atoms with van der Waals surface area (Å²) in [5.41, 5.74) is 1.18. The molecule has 5 nitrogen and oxygen atoms in total. The number of hydrogen-bond donors (Lipinski definition) is 0. The number of esters is 1. The van der Waals surface area contributed by atoms with Crippen LogP contribution in [-0.2, 0) is 28.9 Å². The molecule has 1 saturated heterocycles. The van der Waals surface area contributed by atoms with E-state index in [2.05, 4.69) is 13.5 Å². The van der Waals surface area contributed by atoms with Gasteiger partial charge in [-0.3, -0.25) is 14.2 Å². The van der Waals surface area contributed by atoms with Crippen LogP contribution in [0.2, 0.25) is 0 Å². The molecule has 1 fully saturated rings. The normalized spacial score (nSPS) is 22.8. The Hall–Kier alpha value is -1.60. The Morgan fingerprint density at radius 2 is 2.28 bits per heavy atom. The summed E-state index contributed by atoms with van der Waals surface area (Å²) >= 11 is 2.98. The minimum atomic E-state index is -0.282. The second-order valence-corrected chi connectivity index (χ2v) is 8.95. The van der Waals surface area contributed by atoms with Crippen LogP contribution in [0.25, 0.3) is 10.2 Å². The highest BCUT2D eigenvalue weighted by Gasteiger charge is 2.30. The number of thiophene rings is 1. The molecule has 0 N–H and O–H groups in total. The van der Waals surface area contributed by atoms with Crippen LogP contribution in [0.3, 0.4) is 0 Å². The van der Waals surface area contributed by atoms with E-state index in [1.807, 2.05) is 0 Å². The lowest BCUT2D eigenvalue weighted by molar-refractivity contribution is -0.137. The van der Waals surface area contributed by atoms with E-state index in [4.69, 9.17) is 9.72 Å². The van der Waals surface area contributed by atoms with E-state index >= 15 is 0 Å². The van der Waals surface area contributed by atoms with E-state index < -0.39 is 0 Å². The minimum Gasteiger partial charge on any atom is -0.465 e. The van der Waals surface area contributed by atoms with Gasteiger partial charge in [-0.1, -0.05) is 24.8 Å². The fourth-order valence-electron chi connectivity index (χ4n) is 3.50. The number of carbonyl (C=O) groups is 1. The Morgan fingerprint density at radius 1 is 1.44 bits per heavy atom. The van der Waals surface area contributed by atoms with Crippen LogP contribution in [0.5, 0.6) is 0 Å². The molecule has 0 amide bonds. The molecule has 2 aromatic heterocycles. The van der Waals surface area contributed by atoms with Crippen LogP contribution in [0.4, 0.5) is 0 Å². The lowest BCUT2D eigenvalue weighted by atomic mass is 9.89. The van der Waals surface area contributed by atoms with Crippen molar-refractivity contribution in [1.29, 1.82) is 0 Å². The zero-order chi connectivity index (χ0) is 17.6. The van der Waals surface area contributed by atoms with Crippen molar-refractivity contribution in [3.8, 4) is 0 Å². The number of ether oxygens (including phenoxy) is 1. The maximum atomic E-state index is 13.2. The summed E-state index contributed by atoms with van der Waals surface area (Å²) in [6.07, 6.45) is 5.44. The molecule has 0 unspecified atom stereocenters. The summed E-state index contributed by atoms with van der Waals surface area (Å²) < 4.78 is 6.69. The third-order valence-electron chi connectivity index (χ3n) is 4.83. The molecule has 7 heteroatoms. The van der Waals surface area contributed by atoms with E-state index in [1.165, 1.54) is 22.2 Å². The molecule has 4 rings (SSSR count). The lowest BCUT2D eigenvalue weighted by Crippen LogP contribution is -2.24. The molecular weight excluding hydrogens is 356 g/mol. The zero-order valence-electron chi connectivity index (χ0n) is 14.1. The number of rotatable bonds is 4. The summed E-state index contributed by atoms with van der Waals surface area (Å²) in [6.45, 7) is 6.85. The lowest BCUT2D eigenvalue weighted by Gasteiger charge is -2.17. The van der Waals surface area contributed by atoms with Crippen molar-refractivity contribution in [2.24, 2.45) is 5.92 Å². The molecule has 0 bridgehead atoms. The van der Waals surface area contributed by atoms with Gasteiger partial charge in [0.2, 0.25) is 0 Å². The number of nitrogens with zero attached hydrogens (tertiary/aromatic N) is 2. The monoisotopic (exact) mass is 376 g/mol. The average Bonchev–Trinajstić information content (AvgIpc) is 3.14. The van der Waals surface area contributed by atoms with E-state index in [1.54, 1.807) is 22.0 Å². The van der Waals surface area contributed by atoms with E-state index in [9.17, 15) is 9.59 Å². The number of hydrogen-bond acceptors (Lipinski definition) is 6. The maximum absolute atomic E-state index is 13.2. The number of thioether (sulfide) groups is 1. The van der Waals surface area contributed by atoms with E-state index in [0.717, 1.165) is 29.5 Å². The summed E-state index contributed by atoms with van der Waals surface area (Å²) in [5.74, 6) is 0.432. The molecule has 0 spiro atoms.